The van der Waals surface area contributed by atoms with E-state index >= 15 is 0 Å². The van der Waals surface area contributed by atoms with Gasteiger partial charge >= 0.3 is 0 Å². The first-order valence-corrected chi connectivity index (χ1v) is 18.4. The summed E-state index contributed by atoms with van der Waals surface area (Å²) >= 11 is 0. The summed E-state index contributed by atoms with van der Waals surface area (Å²) in [7, 11) is -19.2. The van der Waals surface area contributed by atoms with Gasteiger partial charge < -0.3 is 10.8 Å². The number of phenolic OH excluding ortho intramolecular Hbond substituents is 1. The molecule has 5 aromatic carbocycles. The molecule has 0 aliphatic carbocycles. The second-order valence-electron chi connectivity index (χ2n) is 9.79. The second-order valence-corrected chi connectivity index (χ2v) is 15.4. The Morgan fingerprint density at radius 2 is 1.06 bits per heavy atom. The van der Waals surface area contributed by atoms with E-state index in [0.29, 0.717) is 0 Å². The van der Waals surface area contributed by atoms with Crippen LogP contribution in [0.1, 0.15) is 0 Å². The maximum atomic E-state index is 12.3. The number of nitrogen functional groups attached to an aromatic ring is 1. The molecule has 0 heterocycles. The monoisotopic (exact) mass is 737 g/mol. The van der Waals surface area contributed by atoms with E-state index in [1.54, 1.807) is 0 Å². The first-order chi connectivity index (χ1) is 22.1. The molecule has 0 spiro atoms. The van der Waals surface area contributed by atoms with Gasteiger partial charge in [-0.15, -0.1) is 15.3 Å². The van der Waals surface area contributed by atoms with Crippen LogP contribution in [-0.2, 0) is 40.5 Å². The van der Waals surface area contributed by atoms with E-state index in [1.165, 1.54) is 30.3 Å². The largest absolute Gasteiger partial charge is 0.505 e. The van der Waals surface area contributed by atoms with Crippen LogP contribution < -0.4 is 5.73 Å². The molecule has 0 radical (unpaired) electrons. The van der Waals surface area contributed by atoms with Crippen LogP contribution in [0, 0.1) is 0 Å². The lowest BCUT2D eigenvalue weighted by Gasteiger charge is -2.12. The Kier molecular flexibility index (Phi) is 8.56. The van der Waals surface area contributed by atoms with Crippen molar-refractivity contribution in [2.75, 3.05) is 5.73 Å². The van der Waals surface area contributed by atoms with Crippen molar-refractivity contribution in [3.05, 3.63) is 72.8 Å². The fourth-order valence-electron chi connectivity index (χ4n) is 4.46. The SMILES string of the molecule is Nc1cc(S(=O)(=O)O)cc2cc(S(=O)(=O)O)c(N=Nc3ccc(N=Nc4ccc(S(=O)(=O)O)cc4)c4cc(S(=O)(=O)O)ccc34)c(O)c12. The summed E-state index contributed by atoms with van der Waals surface area (Å²) in [6.07, 6.45) is 0. The number of aromatic hydroxyl groups is 1. The van der Waals surface area contributed by atoms with E-state index in [9.17, 15) is 52.4 Å². The smallest absolute Gasteiger partial charge is 0.296 e. The fraction of sp³-hybridized carbons (Fsp3) is 0. The third-order valence-corrected chi connectivity index (χ3v) is 10.1. The van der Waals surface area contributed by atoms with Crippen LogP contribution in [0.2, 0.25) is 0 Å². The van der Waals surface area contributed by atoms with E-state index in [0.717, 1.165) is 42.5 Å². The number of phenols is 1. The minimum Gasteiger partial charge on any atom is -0.505 e. The highest BCUT2D eigenvalue weighted by Crippen LogP contribution is 2.45. The molecule has 0 atom stereocenters. The van der Waals surface area contributed by atoms with Gasteiger partial charge in [0.15, 0.2) is 5.75 Å². The standard InChI is InChI=1S/C26H19N5O13S4/c27-20-12-17(47(39,40)41)9-13-10-23(48(42,43)44)25(26(32)24(13)20)31-30-21-7-8-22(19-11-16(46(36,37)38)5-6-18(19)21)29-28-14-1-3-15(4-2-14)45(33,34)35/h1-12,32H,27H2,(H,33,34,35)(H,36,37,38)(H,39,40,41)(H,42,43,44). The van der Waals surface area contributed by atoms with Gasteiger partial charge in [-0.3, -0.25) is 18.2 Å². The highest BCUT2D eigenvalue weighted by atomic mass is 32.2. The molecule has 22 heteroatoms. The molecule has 0 saturated carbocycles. The molecule has 0 bridgehead atoms. The molecule has 0 amide bonds. The Hall–Kier alpha value is -4.94. The van der Waals surface area contributed by atoms with Gasteiger partial charge in [0.05, 0.1) is 31.7 Å². The molecule has 48 heavy (non-hydrogen) atoms. The van der Waals surface area contributed by atoms with E-state index in [-0.39, 0.29) is 38.6 Å². The Bertz CT molecular complexity index is 2680. The third kappa shape index (κ3) is 6.99. The number of rotatable bonds is 8. The van der Waals surface area contributed by atoms with Crippen LogP contribution in [0.15, 0.2) is 113 Å². The van der Waals surface area contributed by atoms with Gasteiger partial charge in [-0.1, -0.05) is 6.07 Å². The summed E-state index contributed by atoms with van der Waals surface area (Å²) in [5.41, 5.74) is 4.68. The molecule has 7 N–H and O–H groups in total. The zero-order valence-corrected chi connectivity index (χ0v) is 26.7. The van der Waals surface area contributed by atoms with Crippen LogP contribution in [0.5, 0.6) is 5.75 Å². The molecule has 0 unspecified atom stereocenters. The minimum absolute atomic E-state index is 0.00268. The van der Waals surface area contributed by atoms with E-state index < -0.39 is 77.2 Å². The molecule has 0 aliphatic heterocycles. The number of hydrogen-bond donors (Lipinski definition) is 6. The van der Waals surface area contributed by atoms with Gasteiger partial charge in [-0.2, -0.15) is 38.8 Å². The van der Waals surface area contributed by atoms with Crippen molar-refractivity contribution in [1.29, 1.82) is 0 Å². The molecular formula is C26H19N5O13S4. The highest BCUT2D eigenvalue weighted by Gasteiger charge is 2.25. The first-order valence-electron chi connectivity index (χ1n) is 12.6. The molecule has 18 nitrogen and oxygen atoms in total. The first kappa shape index (κ1) is 34.4. The van der Waals surface area contributed by atoms with E-state index in [2.05, 4.69) is 20.5 Å². The average molecular weight is 738 g/mol. The minimum atomic E-state index is -5.16. The summed E-state index contributed by atoms with van der Waals surface area (Å²) in [6, 6.07) is 12.7. The number of fused-ring (bicyclic) bond motifs is 2. The molecule has 0 aliphatic rings. The number of nitrogens with two attached hydrogens (primary N) is 1. The fourth-order valence-corrected chi connectivity index (χ4v) is 6.66. The van der Waals surface area contributed by atoms with Crippen molar-refractivity contribution in [3.8, 4) is 5.75 Å². The zero-order valence-electron chi connectivity index (χ0n) is 23.4. The van der Waals surface area contributed by atoms with Crippen molar-refractivity contribution >= 4 is 90.5 Å². The number of anilines is 1. The van der Waals surface area contributed by atoms with E-state index in [1.807, 2.05) is 0 Å². The van der Waals surface area contributed by atoms with Crippen molar-refractivity contribution in [2.24, 2.45) is 20.5 Å². The summed E-state index contributed by atoms with van der Waals surface area (Å²) in [5, 5.41) is 26.3. The highest BCUT2D eigenvalue weighted by molar-refractivity contribution is 7.86. The van der Waals surface area contributed by atoms with Crippen LogP contribution in [0.25, 0.3) is 21.5 Å². The third-order valence-electron chi connectivity index (χ3n) is 6.64. The van der Waals surface area contributed by atoms with Gasteiger partial charge in [-0.05, 0) is 72.1 Å². The van der Waals surface area contributed by atoms with Crippen molar-refractivity contribution < 1.29 is 57.0 Å². The predicted molar refractivity (Wildman–Crippen MR) is 168 cm³/mol. The maximum Gasteiger partial charge on any atom is 0.296 e. The van der Waals surface area contributed by atoms with Crippen molar-refractivity contribution in [3.63, 3.8) is 0 Å². The molecule has 0 aromatic heterocycles. The number of nitrogens with zero attached hydrogens (tertiary/aromatic N) is 4. The normalized spacial score (nSPS) is 13.2. The number of azo groups is 2. The second kappa shape index (κ2) is 11.9. The summed E-state index contributed by atoms with van der Waals surface area (Å²) in [4.78, 5) is -2.71. The molecule has 5 rings (SSSR count). The maximum absolute atomic E-state index is 12.3. The van der Waals surface area contributed by atoms with Crippen LogP contribution in [0.4, 0.5) is 28.4 Å². The number of hydrogen-bond acceptors (Lipinski definition) is 14. The number of benzene rings is 5. The van der Waals surface area contributed by atoms with E-state index in [4.69, 9.17) is 10.3 Å². The van der Waals surface area contributed by atoms with Gasteiger partial charge in [0.1, 0.15) is 10.6 Å². The molecule has 5 aromatic rings. The predicted octanol–water partition coefficient (Wildman–Crippen LogP) is 5.10. The van der Waals surface area contributed by atoms with Crippen molar-refractivity contribution in [2.45, 2.75) is 19.6 Å². The Morgan fingerprint density at radius 3 is 1.62 bits per heavy atom. The Balaban J connectivity index is 1.68. The Labute approximate surface area is 270 Å². The van der Waals surface area contributed by atoms with Crippen LogP contribution in [0.3, 0.4) is 0 Å². The molecule has 0 saturated heterocycles. The van der Waals surface area contributed by atoms with Gasteiger partial charge in [0, 0.05) is 21.8 Å². The summed E-state index contributed by atoms with van der Waals surface area (Å²) in [6.45, 7) is 0. The molecule has 250 valence electrons. The molecule has 0 fully saturated rings. The lowest BCUT2D eigenvalue weighted by molar-refractivity contribution is 0.472. The van der Waals surface area contributed by atoms with Gasteiger partial charge in [-0.25, -0.2) is 0 Å². The lowest BCUT2D eigenvalue weighted by atomic mass is 10.1. The lowest BCUT2D eigenvalue weighted by Crippen LogP contribution is -2.02. The average Bonchev–Trinajstić information content (AvgIpc) is 2.97. The Morgan fingerprint density at radius 1 is 0.521 bits per heavy atom. The summed E-state index contributed by atoms with van der Waals surface area (Å²) < 4.78 is 132. The zero-order chi connectivity index (χ0) is 35.4. The van der Waals surface area contributed by atoms with Gasteiger partial charge in [0.25, 0.3) is 40.5 Å². The van der Waals surface area contributed by atoms with Crippen LogP contribution >= 0.6 is 0 Å². The van der Waals surface area contributed by atoms with Gasteiger partial charge in [0.2, 0.25) is 0 Å². The summed E-state index contributed by atoms with van der Waals surface area (Å²) in [5.74, 6) is -0.938. The quantitative estimate of drug-likeness (QED) is 0.0686. The van der Waals surface area contributed by atoms with Crippen molar-refractivity contribution in [1.82, 2.24) is 0 Å². The van der Waals surface area contributed by atoms with Crippen LogP contribution in [-0.4, -0.2) is 57.0 Å². The molecular weight excluding hydrogens is 719 g/mol. The topological polar surface area (TPSA) is 313 Å².